The summed E-state index contributed by atoms with van der Waals surface area (Å²) in [5.41, 5.74) is 1.40. The largest absolute Gasteiger partial charge is 0.323 e. The molecule has 1 rings (SSSR count). The van der Waals surface area contributed by atoms with Crippen molar-refractivity contribution in [3.05, 3.63) is 23.0 Å². The third-order valence-corrected chi connectivity index (χ3v) is 1.87. The monoisotopic (exact) mass is 198 g/mol. The van der Waals surface area contributed by atoms with Gasteiger partial charge in [-0.2, -0.15) is 0 Å². The molecule has 0 saturated heterocycles. The highest BCUT2D eigenvalue weighted by Crippen LogP contribution is 2.19. The second kappa shape index (κ2) is 4.23. The maximum absolute atomic E-state index is 11.0. The quantitative estimate of drug-likeness (QED) is 0.742. The normalized spacial score (nSPS) is 9.77. The van der Waals surface area contributed by atoms with Gasteiger partial charge in [0.25, 0.3) is 0 Å². The van der Waals surface area contributed by atoms with Crippen molar-refractivity contribution in [2.75, 3.05) is 5.32 Å². The van der Waals surface area contributed by atoms with E-state index in [4.69, 9.17) is 11.6 Å². The summed E-state index contributed by atoms with van der Waals surface area (Å²) in [6.45, 7) is 3.63. The lowest BCUT2D eigenvalue weighted by molar-refractivity contribution is -0.115. The van der Waals surface area contributed by atoms with Gasteiger partial charge in [0, 0.05) is 12.1 Å². The number of aryl methyl sites for hydroxylation is 1. The van der Waals surface area contributed by atoms with Crippen LogP contribution in [0.1, 0.15) is 19.0 Å². The molecule has 1 heterocycles. The van der Waals surface area contributed by atoms with Gasteiger partial charge in [-0.15, -0.1) is 0 Å². The maximum Gasteiger partial charge on any atom is 0.224 e. The number of halogens is 1. The highest BCUT2D eigenvalue weighted by molar-refractivity contribution is 6.32. The summed E-state index contributed by atoms with van der Waals surface area (Å²) < 4.78 is 0. The predicted molar refractivity (Wildman–Crippen MR) is 52.9 cm³/mol. The van der Waals surface area contributed by atoms with Crippen LogP contribution in [0.3, 0.4) is 0 Å². The van der Waals surface area contributed by atoms with Gasteiger partial charge >= 0.3 is 0 Å². The second-order valence-corrected chi connectivity index (χ2v) is 3.05. The molecule has 1 N–H and O–H groups in total. The van der Waals surface area contributed by atoms with E-state index in [1.807, 2.05) is 6.92 Å². The zero-order chi connectivity index (χ0) is 9.84. The predicted octanol–water partition coefficient (Wildman–Crippen LogP) is 2.39. The molecule has 0 radical (unpaired) electrons. The SMILES string of the molecule is CCC(=O)Nc1ccc(C)nc1Cl. The number of aromatic nitrogens is 1. The van der Waals surface area contributed by atoms with Crippen LogP contribution < -0.4 is 5.32 Å². The van der Waals surface area contributed by atoms with Crippen LogP contribution in [-0.4, -0.2) is 10.9 Å². The number of carbonyl (C=O) groups is 1. The molecule has 4 heteroatoms. The van der Waals surface area contributed by atoms with Crippen molar-refractivity contribution in [2.45, 2.75) is 20.3 Å². The average Bonchev–Trinajstić information content (AvgIpc) is 2.09. The molecule has 0 saturated carbocycles. The van der Waals surface area contributed by atoms with Crippen LogP contribution in [0.5, 0.6) is 0 Å². The Morgan fingerprint density at radius 3 is 2.85 bits per heavy atom. The molecule has 0 unspecified atom stereocenters. The summed E-state index contributed by atoms with van der Waals surface area (Å²) >= 11 is 5.80. The Morgan fingerprint density at radius 1 is 1.62 bits per heavy atom. The number of hydrogen-bond acceptors (Lipinski definition) is 2. The first kappa shape index (κ1) is 9.99. The Balaban J connectivity index is 2.83. The number of amides is 1. The summed E-state index contributed by atoms with van der Waals surface area (Å²) in [6, 6.07) is 3.55. The van der Waals surface area contributed by atoms with Gasteiger partial charge in [-0.1, -0.05) is 18.5 Å². The van der Waals surface area contributed by atoms with E-state index in [-0.39, 0.29) is 5.91 Å². The number of pyridine rings is 1. The van der Waals surface area contributed by atoms with Crippen molar-refractivity contribution in [3.63, 3.8) is 0 Å². The number of anilines is 1. The first-order valence-corrected chi connectivity index (χ1v) is 4.44. The lowest BCUT2D eigenvalue weighted by atomic mass is 10.3. The van der Waals surface area contributed by atoms with E-state index in [0.717, 1.165) is 5.69 Å². The molecule has 0 atom stereocenters. The molecule has 3 nitrogen and oxygen atoms in total. The second-order valence-electron chi connectivity index (χ2n) is 2.69. The molecular formula is C9H11ClN2O. The third kappa shape index (κ3) is 2.70. The summed E-state index contributed by atoms with van der Waals surface area (Å²) in [4.78, 5) is 15.0. The van der Waals surface area contributed by atoms with E-state index in [0.29, 0.717) is 17.3 Å². The van der Waals surface area contributed by atoms with Gasteiger partial charge in [-0.3, -0.25) is 4.79 Å². The molecule has 0 aromatic carbocycles. The zero-order valence-corrected chi connectivity index (χ0v) is 8.35. The van der Waals surface area contributed by atoms with E-state index in [9.17, 15) is 4.79 Å². The van der Waals surface area contributed by atoms with Crippen LogP contribution in [0.2, 0.25) is 5.15 Å². The highest BCUT2D eigenvalue weighted by Gasteiger charge is 2.04. The Morgan fingerprint density at radius 2 is 2.31 bits per heavy atom. The first-order chi connectivity index (χ1) is 6.13. The van der Waals surface area contributed by atoms with Crippen molar-refractivity contribution >= 4 is 23.2 Å². The van der Waals surface area contributed by atoms with Crippen molar-refractivity contribution in [1.82, 2.24) is 4.98 Å². The van der Waals surface area contributed by atoms with Crippen LogP contribution in [0.25, 0.3) is 0 Å². The molecular weight excluding hydrogens is 188 g/mol. The van der Waals surface area contributed by atoms with Crippen molar-refractivity contribution in [3.8, 4) is 0 Å². The number of carbonyl (C=O) groups excluding carboxylic acids is 1. The van der Waals surface area contributed by atoms with Crippen LogP contribution in [0, 0.1) is 6.92 Å². The summed E-state index contributed by atoms with van der Waals surface area (Å²) in [5, 5.41) is 2.99. The smallest absolute Gasteiger partial charge is 0.224 e. The minimum Gasteiger partial charge on any atom is -0.323 e. The standard InChI is InChI=1S/C9H11ClN2O/c1-3-8(13)12-7-5-4-6(2)11-9(7)10/h4-5H,3H2,1-2H3,(H,12,13). The molecule has 0 aliphatic heterocycles. The minimum atomic E-state index is -0.0625. The van der Waals surface area contributed by atoms with E-state index in [1.54, 1.807) is 19.1 Å². The van der Waals surface area contributed by atoms with Crippen molar-refractivity contribution in [1.29, 1.82) is 0 Å². The third-order valence-electron chi connectivity index (χ3n) is 1.58. The van der Waals surface area contributed by atoms with Crippen LogP contribution >= 0.6 is 11.6 Å². The Bertz CT molecular complexity index is 325. The molecule has 70 valence electrons. The highest BCUT2D eigenvalue weighted by atomic mass is 35.5. The summed E-state index contributed by atoms with van der Waals surface area (Å²) in [7, 11) is 0. The Hall–Kier alpha value is -1.09. The Labute approximate surface area is 82.1 Å². The molecule has 1 aromatic heterocycles. The number of nitrogens with one attached hydrogen (secondary N) is 1. The van der Waals surface area contributed by atoms with Gasteiger partial charge in [0.1, 0.15) is 0 Å². The van der Waals surface area contributed by atoms with E-state index >= 15 is 0 Å². The van der Waals surface area contributed by atoms with Crippen LogP contribution in [0.15, 0.2) is 12.1 Å². The van der Waals surface area contributed by atoms with Crippen LogP contribution in [-0.2, 0) is 4.79 Å². The van der Waals surface area contributed by atoms with Gasteiger partial charge in [0.15, 0.2) is 5.15 Å². The fraction of sp³-hybridized carbons (Fsp3) is 0.333. The van der Waals surface area contributed by atoms with E-state index in [2.05, 4.69) is 10.3 Å². The maximum atomic E-state index is 11.0. The topological polar surface area (TPSA) is 42.0 Å². The van der Waals surface area contributed by atoms with Crippen molar-refractivity contribution in [2.24, 2.45) is 0 Å². The zero-order valence-electron chi connectivity index (χ0n) is 7.60. The van der Waals surface area contributed by atoms with Gasteiger partial charge in [-0.05, 0) is 19.1 Å². The van der Waals surface area contributed by atoms with E-state index in [1.165, 1.54) is 0 Å². The average molecular weight is 199 g/mol. The number of hydrogen-bond donors (Lipinski definition) is 1. The molecule has 0 spiro atoms. The minimum absolute atomic E-state index is 0.0625. The van der Waals surface area contributed by atoms with Crippen molar-refractivity contribution < 1.29 is 4.79 Å². The molecule has 0 fully saturated rings. The molecule has 0 aliphatic carbocycles. The van der Waals surface area contributed by atoms with Gasteiger partial charge in [0.05, 0.1) is 5.69 Å². The molecule has 1 amide bonds. The van der Waals surface area contributed by atoms with Gasteiger partial charge in [0.2, 0.25) is 5.91 Å². The fourth-order valence-corrected chi connectivity index (χ4v) is 1.10. The number of rotatable bonds is 2. The first-order valence-electron chi connectivity index (χ1n) is 4.06. The lowest BCUT2D eigenvalue weighted by Gasteiger charge is -2.05. The summed E-state index contributed by atoms with van der Waals surface area (Å²) in [5.74, 6) is -0.0625. The van der Waals surface area contributed by atoms with Crippen LogP contribution in [0.4, 0.5) is 5.69 Å². The molecule has 13 heavy (non-hydrogen) atoms. The molecule has 1 aromatic rings. The number of nitrogens with zero attached hydrogens (tertiary/aromatic N) is 1. The summed E-state index contributed by atoms with van der Waals surface area (Å²) in [6.07, 6.45) is 0.435. The Kier molecular flexibility index (Phi) is 3.25. The fourth-order valence-electron chi connectivity index (χ4n) is 0.857. The van der Waals surface area contributed by atoms with Gasteiger partial charge < -0.3 is 5.32 Å². The van der Waals surface area contributed by atoms with E-state index < -0.39 is 0 Å². The van der Waals surface area contributed by atoms with Gasteiger partial charge in [-0.25, -0.2) is 4.98 Å². The molecule has 0 aliphatic rings. The molecule has 0 bridgehead atoms. The lowest BCUT2D eigenvalue weighted by Crippen LogP contribution is -2.10.